The maximum absolute atomic E-state index is 11.7. The number of carbonyl (C=O) groups excluding carboxylic acids is 1. The Hall–Kier alpha value is -2.01. The number of amides is 1. The van der Waals surface area contributed by atoms with E-state index in [0.717, 1.165) is 27.2 Å². The number of rotatable bonds is 7. The highest BCUT2D eigenvalue weighted by Crippen LogP contribution is 2.27. The van der Waals surface area contributed by atoms with Crippen LogP contribution in [0.25, 0.3) is 0 Å². The Morgan fingerprint density at radius 1 is 1.04 bits per heavy atom. The average Bonchev–Trinajstić information content (AvgIpc) is 2.56. The minimum absolute atomic E-state index is 0.0225. The molecule has 2 aromatic rings. The number of halogens is 1. The SMILES string of the molecule is CC(C)Oc1ccc(CNc2ccc(NC(=O)C(C)C)cc2)cc1Br. The van der Waals surface area contributed by atoms with E-state index in [1.54, 1.807) is 0 Å². The van der Waals surface area contributed by atoms with Crippen LogP contribution < -0.4 is 15.4 Å². The molecule has 0 aromatic heterocycles. The van der Waals surface area contributed by atoms with Crippen molar-refractivity contribution in [3.63, 3.8) is 0 Å². The molecule has 0 aliphatic heterocycles. The highest BCUT2D eigenvalue weighted by atomic mass is 79.9. The Balaban J connectivity index is 1.93. The molecule has 0 aliphatic carbocycles. The summed E-state index contributed by atoms with van der Waals surface area (Å²) in [5, 5.41) is 6.26. The van der Waals surface area contributed by atoms with E-state index in [9.17, 15) is 4.79 Å². The lowest BCUT2D eigenvalue weighted by molar-refractivity contribution is -0.118. The average molecular weight is 405 g/mol. The first-order valence-electron chi connectivity index (χ1n) is 8.45. The molecule has 25 heavy (non-hydrogen) atoms. The molecule has 4 nitrogen and oxygen atoms in total. The molecule has 0 saturated carbocycles. The normalized spacial score (nSPS) is 10.8. The highest BCUT2D eigenvalue weighted by molar-refractivity contribution is 9.10. The zero-order valence-electron chi connectivity index (χ0n) is 15.1. The van der Waals surface area contributed by atoms with Crippen LogP contribution in [-0.2, 0) is 11.3 Å². The minimum atomic E-state index is -0.0288. The number of anilines is 2. The van der Waals surface area contributed by atoms with Gasteiger partial charge in [-0.15, -0.1) is 0 Å². The Morgan fingerprint density at radius 2 is 1.68 bits per heavy atom. The smallest absolute Gasteiger partial charge is 0.226 e. The molecular formula is C20H25BrN2O2. The molecule has 0 fully saturated rings. The van der Waals surface area contributed by atoms with Crippen LogP contribution in [0.5, 0.6) is 5.75 Å². The van der Waals surface area contributed by atoms with Crippen molar-refractivity contribution >= 4 is 33.2 Å². The number of carbonyl (C=O) groups is 1. The monoisotopic (exact) mass is 404 g/mol. The molecular weight excluding hydrogens is 380 g/mol. The van der Waals surface area contributed by atoms with Crippen molar-refractivity contribution in [3.05, 3.63) is 52.5 Å². The molecule has 0 saturated heterocycles. The molecule has 0 heterocycles. The van der Waals surface area contributed by atoms with Gasteiger partial charge in [0.15, 0.2) is 0 Å². The van der Waals surface area contributed by atoms with Crippen molar-refractivity contribution in [2.45, 2.75) is 40.3 Å². The summed E-state index contributed by atoms with van der Waals surface area (Å²) in [6.45, 7) is 8.48. The molecule has 0 bridgehead atoms. The molecule has 0 unspecified atom stereocenters. The summed E-state index contributed by atoms with van der Waals surface area (Å²) in [7, 11) is 0. The van der Waals surface area contributed by atoms with Crippen LogP contribution in [0.1, 0.15) is 33.3 Å². The number of benzene rings is 2. The largest absolute Gasteiger partial charge is 0.490 e. The first-order valence-corrected chi connectivity index (χ1v) is 9.24. The number of ether oxygens (including phenoxy) is 1. The van der Waals surface area contributed by atoms with Gasteiger partial charge in [-0.25, -0.2) is 0 Å². The Bertz CT molecular complexity index is 712. The third-order valence-corrected chi connectivity index (χ3v) is 4.15. The predicted molar refractivity (Wildman–Crippen MR) is 107 cm³/mol. The van der Waals surface area contributed by atoms with Gasteiger partial charge in [-0.1, -0.05) is 19.9 Å². The van der Waals surface area contributed by atoms with E-state index in [1.165, 1.54) is 0 Å². The van der Waals surface area contributed by atoms with Crippen molar-refractivity contribution in [2.24, 2.45) is 5.92 Å². The number of nitrogens with one attached hydrogen (secondary N) is 2. The highest BCUT2D eigenvalue weighted by Gasteiger charge is 2.07. The van der Waals surface area contributed by atoms with Crippen molar-refractivity contribution in [1.82, 2.24) is 0 Å². The molecule has 0 spiro atoms. The molecule has 0 atom stereocenters. The van der Waals surface area contributed by atoms with Crippen LogP contribution in [0.15, 0.2) is 46.9 Å². The first kappa shape index (κ1) is 19.3. The molecule has 0 aliphatic rings. The van der Waals surface area contributed by atoms with Crippen LogP contribution >= 0.6 is 15.9 Å². The number of hydrogen-bond acceptors (Lipinski definition) is 3. The Kier molecular flexibility index (Phi) is 6.88. The summed E-state index contributed by atoms with van der Waals surface area (Å²) in [4.78, 5) is 11.7. The van der Waals surface area contributed by atoms with E-state index in [0.29, 0.717) is 6.54 Å². The molecule has 2 rings (SSSR count). The summed E-state index contributed by atoms with van der Waals surface area (Å²) in [5.74, 6) is 0.845. The lowest BCUT2D eigenvalue weighted by atomic mass is 10.2. The lowest BCUT2D eigenvalue weighted by Crippen LogP contribution is -2.17. The fourth-order valence-electron chi connectivity index (χ4n) is 2.17. The predicted octanol–water partition coefficient (Wildman–Crippen LogP) is 5.44. The van der Waals surface area contributed by atoms with Gasteiger partial charge in [0.1, 0.15) is 5.75 Å². The van der Waals surface area contributed by atoms with Gasteiger partial charge >= 0.3 is 0 Å². The zero-order chi connectivity index (χ0) is 18.4. The minimum Gasteiger partial charge on any atom is -0.490 e. The van der Waals surface area contributed by atoms with Crippen LogP contribution in [0.4, 0.5) is 11.4 Å². The van der Waals surface area contributed by atoms with Crippen LogP contribution in [0, 0.1) is 5.92 Å². The topological polar surface area (TPSA) is 50.4 Å². The second-order valence-corrected chi connectivity index (χ2v) is 7.36. The molecule has 0 radical (unpaired) electrons. The standard InChI is InChI=1S/C20H25BrN2O2/c1-13(2)20(24)23-17-8-6-16(7-9-17)22-12-15-5-10-19(18(21)11-15)25-14(3)4/h5-11,13-14,22H,12H2,1-4H3,(H,23,24). The van der Waals surface area contributed by atoms with E-state index in [4.69, 9.17) is 4.74 Å². The van der Waals surface area contributed by atoms with Crippen molar-refractivity contribution < 1.29 is 9.53 Å². The van der Waals surface area contributed by atoms with E-state index in [1.807, 2.05) is 64.1 Å². The maximum atomic E-state index is 11.7. The van der Waals surface area contributed by atoms with Gasteiger partial charge in [0, 0.05) is 23.8 Å². The summed E-state index contributed by atoms with van der Waals surface area (Å²) in [6.07, 6.45) is 0.148. The van der Waals surface area contributed by atoms with Gasteiger partial charge in [0.05, 0.1) is 10.6 Å². The van der Waals surface area contributed by atoms with Crippen molar-refractivity contribution in [2.75, 3.05) is 10.6 Å². The molecule has 2 N–H and O–H groups in total. The van der Waals surface area contributed by atoms with Crippen molar-refractivity contribution in [3.8, 4) is 5.75 Å². The van der Waals surface area contributed by atoms with Gasteiger partial charge in [-0.3, -0.25) is 4.79 Å². The number of hydrogen-bond donors (Lipinski definition) is 2. The van der Waals surface area contributed by atoms with E-state index in [-0.39, 0.29) is 17.9 Å². The Labute approximate surface area is 158 Å². The van der Waals surface area contributed by atoms with Crippen LogP contribution in [0.2, 0.25) is 0 Å². The molecule has 1 amide bonds. The van der Waals surface area contributed by atoms with Gasteiger partial charge in [0.25, 0.3) is 0 Å². The second-order valence-electron chi connectivity index (χ2n) is 6.51. The van der Waals surface area contributed by atoms with E-state index < -0.39 is 0 Å². The maximum Gasteiger partial charge on any atom is 0.226 e. The summed E-state index contributed by atoms with van der Waals surface area (Å²) in [5.41, 5.74) is 2.96. The fraction of sp³-hybridized carbons (Fsp3) is 0.350. The van der Waals surface area contributed by atoms with Gasteiger partial charge in [0.2, 0.25) is 5.91 Å². The van der Waals surface area contributed by atoms with Crippen LogP contribution in [-0.4, -0.2) is 12.0 Å². The fourth-order valence-corrected chi connectivity index (χ4v) is 2.69. The van der Waals surface area contributed by atoms with Gasteiger partial charge in [-0.2, -0.15) is 0 Å². The third kappa shape index (κ3) is 6.09. The quantitative estimate of drug-likeness (QED) is 0.645. The molecule has 5 heteroatoms. The molecule has 134 valence electrons. The second kappa shape index (κ2) is 8.90. The van der Waals surface area contributed by atoms with Crippen molar-refractivity contribution in [1.29, 1.82) is 0 Å². The van der Waals surface area contributed by atoms with E-state index in [2.05, 4.69) is 32.6 Å². The van der Waals surface area contributed by atoms with Crippen LogP contribution in [0.3, 0.4) is 0 Å². The molecule has 2 aromatic carbocycles. The lowest BCUT2D eigenvalue weighted by Gasteiger charge is -2.13. The van der Waals surface area contributed by atoms with Gasteiger partial charge in [-0.05, 0) is 71.7 Å². The summed E-state index contributed by atoms with van der Waals surface area (Å²) in [6, 6.07) is 13.8. The first-order chi connectivity index (χ1) is 11.8. The Morgan fingerprint density at radius 3 is 2.24 bits per heavy atom. The van der Waals surface area contributed by atoms with E-state index >= 15 is 0 Å². The zero-order valence-corrected chi connectivity index (χ0v) is 16.7. The summed E-state index contributed by atoms with van der Waals surface area (Å²) < 4.78 is 6.67. The van der Waals surface area contributed by atoms with Gasteiger partial charge < -0.3 is 15.4 Å². The third-order valence-electron chi connectivity index (χ3n) is 3.53. The summed E-state index contributed by atoms with van der Waals surface area (Å²) >= 11 is 3.55.